The highest BCUT2D eigenvalue weighted by atomic mass is 79.9. The first-order valence-electron chi connectivity index (χ1n) is 4.43. The van der Waals surface area contributed by atoms with Gasteiger partial charge in [-0.15, -0.1) is 13.2 Å². The van der Waals surface area contributed by atoms with Crippen LogP contribution in [0.4, 0.5) is 13.2 Å². The molecule has 0 N–H and O–H groups in total. The zero-order valence-corrected chi connectivity index (χ0v) is 10.1. The Bertz CT molecular complexity index is 422. The predicted molar refractivity (Wildman–Crippen MR) is 54.6 cm³/mol. The van der Waals surface area contributed by atoms with Crippen LogP contribution in [0.15, 0.2) is 16.7 Å². The van der Waals surface area contributed by atoms with Crippen molar-refractivity contribution in [1.29, 1.82) is 0 Å². The molecule has 1 heterocycles. The monoisotopic (exact) mass is 313 g/mol. The van der Waals surface area contributed by atoms with Crippen molar-refractivity contribution >= 4 is 21.9 Å². The molecule has 0 saturated carbocycles. The van der Waals surface area contributed by atoms with Crippen LogP contribution in [0.3, 0.4) is 0 Å². The average Bonchev–Trinajstić information content (AvgIpc) is 2.19. The highest BCUT2D eigenvalue weighted by molar-refractivity contribution is 9.10. The second-order valence-electron chi connectivity index (χ2n) is 2.75. The third-order valence-electron chi connectivity index (χ3n) is 1.52. The smallest absolute Gasteiger partial charge is 0.461 e. The summed E-state index contributed by atoms with van der Waals surface area (Å²) in [5, 5.41) is 0. The first-order chi connectivity index (χ1) is 7.83. The van der Waals surface area contributed by atoms with E-state index in [1.807, 2.05) is 0 Å². The first kappa shape index (κ1) is 13.8. The fourth-order valence-corrected chi connectivity index (χ4v) is 1.28. The van der Waals surface area contributed by atoms with E-state index >= 15 is 0 Å². The Hall–Kier alpha value is -1.31. The minimum atomic E-state index is -4.89. The fourth-order valence-electron chi connectivity index (χ4n) is 0.975. The standard InChI is InChI=1S/C9H7BrF3NO3/c1-2-16-8(15)7-5(17-9(11,12)13)3-4-6(10)14-7/h3-4H,2H2,1H3. The Morgan fingerprint density at radius 1 is 1.47 bits per heavy atom. The molecule has 94 valence electrons. The molecule has 0 aliphatic heterocycles. The molecule has 0 radical (unpaired) electrons. The van der Waals surface area contributed by atoms with Crippen molar-refractivity contribution in [2.45, 2.75) is 13.3 Å². The molecule has 0 aliphatic carbocycles. The molecule has 0 aromatic carbocycles. The highest BCUT2D eigenvalue weighted by Gasteiger charge is 2.33. The number of alkyl halides is 3. The van der Waals surface area contributed by atoms with Gasteiger partial charge in [0.05, 0.1) is 6.61 Å². The molecule has 1 aromatic heterocycles. The van der Waals surface area contributed by atoms with Crippen LogP contribution in [-0.4, -0.2) is 23.9 Å². The first-order valence-corrected chi connectivity index (χ1v) is 5.22. The molecule has 0 spiro atoms. The number of hydrogen-bond donors (Lipinski definition) is 0. The third-order valence-corrected chi connectivity index (χ3v) is 1.96. The Morgan fingerprint density at radius 3 is 2.65 bits per heavy atom. The lowest BCUT2D eigenvalue weighted by Crippen LogP contribution is -2.20. The van der Waals surface area contributed by atoms with Gasteiger partial charge in [0.25, 0.3) is 0 Å². The lowest BCUT2D eigenvalue weighted by Gasteiger charge is -2.11. The molecule has 0 saturated heterocycles. The summed E-state index contributed by atoms with van der Waals surface area (Å²) in [4.78, 5) is 14.9. The number of nitrogens with zero attached hydrogens (tertiary/aromatic N) is 1. The number of halogens is 4. The maximum absolute atomic E-state index is 12.1. The Kier molecular flexibility index (Phi) is 4.33. The van der Waals surface area contributed by atoms with E-state index in [4.69, 9.17) is 0 Å². The molecule has 17 heavy (non-hydrogen) atoms. The van der Waals surface area contributed by atoms with Gasteiger partial charge in [-0.3, -0.25) is 0 Å². The van der Waals surface area contributed by atoms with Crippen molar-refractivity contribution in [1.82, 2.24) is 4.98 Å². The number of aromatic nitrogens is 1. The molecule has 4 nitrogen and oxygen atoms in total. The fraction of sp³-hybridized carbons (Fsp3) is 0.333. The SMILES string of the molecule is CCOC(=O)c1nc(Br)ccc1OC(F)(F)F. The maximum atomic E-state index is 12.1. The highest BCUT2D eigenvalue weighted by Crippen LogP contribution is 2.27. The second-order valence-corrected chi connectivity index (χ2v) is 3.56. The maximum Gasteiger partial charge on any atom is 0.573 e. The Balaban J connectivity index is 3.08. The van der Waals surface area contributed by atoms with E-state index in [9.17, 15) is 18.0 Å². The second kappa shape index (κ2) is 5.35. The molecule has 0 aliphatic rings. The topological polar surface area (TPSA) is 48.4 Å². The Labute approximate surface area is 103 Å². The van der Waals surface area contributed by atoms with Crippen molar-refractivity contribution in [3.05, 3.63) is 22.4 Å². The number of rotatable bonds is 3. The summed E-state index contributed by atoms with van der Waals surface area (Å²) in [5.41, 5.74) is -0.529. The summed E-state index contributed by atoms with van der Waals surface area (Å²) in [6.45, 7) is 1.55. The summed E-state index contributed by atoms with van der Waals surface area (Å²) >= 11 is 2.94. The van der Waals surface area contributed by atoms with Gasteiger partial charge >= 0.3 is 12.3 Å². The number of ether oxygens (including phenoxy) is 2. The van der Waals surface area contributed by atoms with Crippen molar-refractivity contribution in [3.8, 4) is 5.75 Å². The van der Waals surface area contributed by atoms with Gasteiger partial charge in [-0.1, -0.05) is 0 Å². The van der Waals surface area contributed by atoms with Gasteiger partial charge < -0.3 is 9.47 Å². The van der Waals surface area contributed by atoms with Crippen LogP contribution in [0.5, 0.6) is 5.75 Å². The van der Waals surface area contributed by atoms with Crippen LogP contribution >= 0.6 is 15.9 Å². The van der Waals surface area contributed by atoms with Gasteiger partial charge in [-0.2, -0.15) is 0 Å². The van der Waals surface area contributed by atoms with Crippen LogP contribution in [0.25, 0.3) is 0 Å². The minimum absolute atomic E-state index is 0.0263. The predicted octanol–water partition coefficient (Wildman–Crippen LogP) is 2.92. The molecule has 0 unspecified atom stereocenters. The van der Waals surface area contributed by atoms with Crippen LogP contribution in [0.1, 0.15) is 17.4 Å². The van der Waals surface area contributed by atoms with Crippen LogP contribution in [-0.2, 0) is 4.74 Å². The number of pyridine rings is 1. The van der Waals surface area contributed by atoms with Gasteiger partial charge in [0.1, 0.15) is 4.60 Å². The quantitative estimate of drug-likeness (QED) is 0.636. The van der Waals surface area contributed by atoms with E-state index in [-0.39, 0.29) is 11.2 Å². The molecule has 8 heteroatoms. The zero-order chi connectivity index (χ0) is 13.1. The van der Waals surface area contributed by atoms with Crippen molar-refractivity contribution < 1.29 is 27.4 Å². The van der Waals surface area contributed by atoms with Crippen LogP contribution < -0.4 is 4.74 Å². The minimum Gasteiger partial charge on any atom is -0.461 e. The van der Waals surface area contributed by atoms with Crippen LogP contribution in [0.2, 0.25) is 0 Å². The number of esters is 1. The summed E-state index contributed by atoms with van der Waals surface area (Å²) in [5.74, 6) is -1.67. The largest absolute Gasteiger partial charge is 0.573 e. The molecule has 0 amide bonds. The number of carbonyl (C=O) groups is 1. The van der Waals surface area contributed by atoms with E-state index in [1.54, 1.807) is 0 Å². The van der Waals surface area contributed by atoms with E-state index in [2.05, 4.69) is 30.4 Å². The van der Waals surface area contributed by atoms with Gasteiger partial charge in [-0.25, -0.2) is 9.78 Å². The lowest BCUT2D eigenvalue weighted by atomic mass is 10.3. The third kappa shape index (κ3) is 4.22. The molecule has 0 atom stereocenters. The van der Waals surface area contributed by atoms with Crippen molar-refractivity contribution in [2.75, 3.05) is 6.61 Å². The van der Waals surface area contributed by atoms with Gasteiger partial charge in [-0.05, 0) is 35.0 Å². The van der Waals surface area contributed by atoms with Crippen molar-refractivity contribution in [3.63, 3.8) is 0 Å². The number of carbonyl (C=O) groups excluding carboxylic acids is 1. The number of hydrogen-bond acceptors (Lipinski definition) is 4. The molecule has 1 rings (SSSR count). The van der Waals surface area contributed by atoms with E-state index in [0.717, 1.165) is 6.07 Å². The molecule has 0 fully saturated rings. The van der Waals surface area contributed by atoms with Gasteiger partial charge in [0.15, 0.2) is 11.4 Å². The summed E-state index contributed by atoms with van der Waals surface area (Å²) in [6.07, 6.45) is -4.89. The summed E-state index contributed by atoms with van der Waals surface area (Å²) in [6, 6.07) is 2.21. The zero-order valence-electron chi connectivity index (χ0n) is 8.55. The van der Waals surface area contributed by atoms with Gasteiger partial charge in [0.2, 0.25) is 0 Å². The molecule has 1 aromatic rings. The summed E-state index contributed by atoms with van der Waals surface area (Å²) in [7, 11) is 0. The van der Waals surface area contributed by atoms with Gasteiger partial charge in [0, 0.05) is 0 Å². The lowest BCUT2D eigenvalue weighted by molar-refractivity contribution is -0.274. The Morgan fingerprint density at radius 2 is 2.12 bits per heavy atom. The van der Waals surface area contributed by atoms with E-state index in [0.29, 0.717) is 0 Å². The van der Waals surface area contributed by atoms with Crippen LogP contribution in [0, 0.1) is 0 Å². The molecular formula is C9H7BrF3NO3. The van der Waals surface area contributed by atoms with E-state index < -0.39 is 23.8 Å². The normalized spacial score (nSPS) is 11.1. The molecular weight excluding hydrogens is 307 g/mol. The average molecular weight is 314 g/mol. The van der Waals surface area contributed by atoms with Crippen molar-refractivity contribution in [2.24, 2.45) is 0 Å². The van der Waals surface area contributed by atoms with E-state index in [1.165, 1.54) is 13.0 Å². The summed E-state index contributed by atoms with van der Waals surface area (Å²) < 4.78 is 44.6. The molecule has 0 bridgehead atoms.